The van der Waals surface area contributed by atoms with E-state index in [9.17, 15) is 14.4 Å². The Kier molecular flexibility index (Phi) is 4.35. The number of nitrogens with one attached hydrogen (secondary N) is 2. The third-order valence-electron chi connectivity index (χ3n) is 3.49. The molecule has 0 saturated heterocycles. The van der Waals surface area contributed by atoms with E-state index < -0.39 is 11.4 Å². The number of carbonyl (C=O) groups excluding carboxylic acids is 2. The average molecular weight is 306 g/mol. The van der Waals surface area contributed by atoms with E-state index in [1.165, 1.54) is 0 Å². The monoisotopic (exact) mass is 306 g/mol. The number of hydrogen-bond donors (Lipinski definition) is 3. The smallest absolute Gasteiger partial charge is 0.309 e. The van der Waals surface area contributed by atoms with Gasteiger partial charge in [0.1, 0.15) is 5.75 Å². The first-order chi connectivity index (χ1) is 10.3. The Labute approximate surface area is 127 Å². The van der Waals surface area contributed by atoms with Crippen LogP contribution in [0, 0.1) is 5.41 Å². The minimum Gasteiger partial charge on any atom is -0.482 e. The quantitative estimate of drug-likeness (QED) is 0.759. The van der Waals surface area contributed by atoms with Gasteiger partial charge in [0.2, 0.25) is 0 Å². The van der Waals surface area contributed by atoms with E-state index in [4.69, 9.17) is 9.84 Å². The molecule has 1 aromatic rings. The van der Waals surface area contributed by atoms with Crippen molar-refractivity contribution in [2.45, 2.75) is 20.3 Å². The molecule has 22 heavy (non-hydrogen) atoms. The van der Waals surface area contributed by atoms with Crippen LogP contribution in [-0.2, 0) is 9.59 Å². The topological polar surface area (TPSA) is 105 Å². The standard InChI is InChI=1S/C15H18N2O5/c1-15(2,14(20)21)5-6-16-13(19)9-3-4-10-11(7-9)22-8-12(18)17-10/h3-4,7H,5-6,8H2,1-2H3,(H,16,19)(H,17,18)(H,20,21). The van der Waals surface area contributed by atoms with Gasteiger partial charge in [-0.2, -0.15) is 0 Å². The summed E-state index contributed by atoms with van der Waals surface area (Å²) in [5, 5.41) is 14.3. The highest BCUT2D eigenvalue weighted by Gasteiger charge is 2.26. The maximum Gasteiger partial charge on any atom is 0.309 e. The van der Waals surface area contributed by atoms with Crippen molar-refractivity contribution in [2.75, 3.05) is 18.5 Å². The van der Waals surface area contributed by atoms with Crippen molar-refractivity contribution in [3.8, 4) is 5.75 Å². The maximum atomic E-state index is 12.0. The van der Waals surface area contributed by atoms with Gasteiger partial charge in [-0.25, -0.2) is 0 Å². The van der Waals surface area contributed by atoms with E-state index >= 15 is 0 Å². The van der Waals surface area contributed by atoms with Gasteiger partial charge in [0.05, 0.1) is 11.1 Å². The highest BCUT2D eigenvalue weighted by molar-refractivity contribution is 5.99. The minimum absolute atomic E-state index is 0.0785. The van der Waals surface area contributed by atoms with Crippen LogP contribution < -0.4 is 15.4 Å². The van der Waals surface area contributed by atoms with Crippen molar-refractivity contribution in [1.29, 1.82) is 0 Å². The van der Waals surface area contributed by atoms with E-state index in [0.29, 0.717) is 23.4 Å². The average Bonchev–Trinajstić information content (AvgIpc) is 2.46. The molecule has 0 aromatic heterocycles. The first-order valence-corrected chi connectivity index (χ1v) is 6.88. The Balaban J connectivity index is 1.96. The van der Waals surface area contributed by atoms with Crippen molar-refractivity contribution >= 4 is 23.5 Å². The zero-order valence-electron chi connectivity index (χ0n) is 12.4. The van der Waals surface area contributed by atoms with Gasteiger partial charge in [0.25, 0.3) is 11.8 Å². The molecule has 0 atom stereocenters. The molecule has 118 valence electrons. The first kappa shape index (κ1) is 15.8. The summed E-state index contributed by atoms with van der Waals surface area (Å²) < 4.78 is 5.25. The second kappa shape index (κ2) is 6.05. The molecule has 0 spiro atoms. The van der Waals surface area contributed by atoms with Crippen molar-refractivity contribution in [3.63, 3.8) is 0 Å². The van der Waals surface area contributed by atoms with Crippen LogP contribution in [0.1, 0.15) is 30.6 Å². The molecular weight excluding hydrogens is 288 g/mol. The second-order valence-electron chi connectivity index (χ2n) is 5.74. The fourth-order valence-corrected chi connectivity index (χ4v) is 1.91. The molecule has 2 amide bonds. The molecule has 0 saturated carbocycles. The van der Waals surface area contributed by atoms with E-state index in [-0.39, 0.29) is 25.0 Å². The first-order valence-electron chi connectivity index (χ1n) is 6.88. The summed E-state index contributed by atoms with van der Waals surface area (Å²) in [6.45, 7) is 3.39. The van der Waals surface area contributed by atoms with Crippen LogP contribution in [0.15, 0.2) is 18.2 Å². The number of amides is 2. The Bertz CT molecular complexity index is 624. The zero-order chi connectivity index (χ0) is 16.3. The number of anilines is 1. The molecule has 2 rings (SSSR count). The predicted molar refractivity (Wildman–Crippen MR) is 78.9 cm³/mol. The molecule has 1 heterocycles. The number of carboxylic acids is 1. The fourth-order valence-electron chi connectivity index (χ4n) is 1.91. The SMILES string of the molecule is CC(C)(CCNC(=O)c1ccc2c(c1)OCC(=O)N2)C(=O)O. The largest absolute Gasteiger partial charge is 0.482 e. The van der Waals surface area contributed by atoms with Crippen LogP contribution in [0.3, 0.4) is 0 Å². The number of carbonyl (C=O) groups is 3. The van der Waals surface area contributed by atoms with Crippen LogP contribution in [0.5, 0.6) is 5.75 Å². The third kappa shape index (κ3) is 3.55. The van der Waals surface area contributed by atoms with Crippen molar-refractivity contribution in [3.05, 3.63) is 23.8 Å². The summed E-state index contributed by atoms with van der Waals surface area (Å²) in [6.07, 6.45) is 0.325. The summed E-state index contributed by atoms with van der Waals surface area (Å²) >= 11 is 0. The number of rotatable bonds is 5. The molecule has 0 fully saturated rings. The third-order valence-corrected chi connectivity index (χ3v) is 3.49. The number of benzene rings is 1. The van der Waals surface area contributed by atoms with Crippen molar-refractivity contribution in [1.82, 2.24) is 5.32 Å². The van der Waals surface area contributed by atoms with E-state index in [1.54, 1.807) is 32.0 Å². The van der Waals surface area contributed by atoms with Crippen LogP contribution in [0.2, 0.25) is 0 Å². The maximum absolute atomic E-state index is 12.0. The number of aliphatic carboxylic acids is 1. The molecule has 1 aromatic carbocycles. The van der Waals surface area contributed by atoms with Gasteiger partial charge in [-0.1, -0.05) is 0 Å². The Morgan fingerprint density at radius 2 is 2.14 bits per heavy atom. The molecule has 7 nitrogen and oxygen atoms in total. The zero-order valence-corrected chi connectivity index (χ0v) is 12.4. The van der Waals surface area contributed by atoms with Crippen molar-refractivity contribution < 1.29 is 24.2 Å². The molecule has 0 unspecified atom stereocenters. The van der Waals surface area contributed by atoms with Gasteiger partial charge in [-0.15, -0.1) is 0 Å². The Hall–Kier alpha value is -2.57. The lowest BCUT2D eigenvalue weighted by molar-refractivity contribution is -0.147. The summed E-state index contributed by atoms with van der Waals surface area (Å²) in [6, 6.07) is 4.72. The molecule has 7 heteroatoms. The molecule has 0 aliphatic carbocycles. The fraction of sp³-hybridized carbons (Fsp3) is 0.400. The molecular formula is C15H18N2O5. The number of ether oxygens (including phenoxy) is 1. The van der Waals surface area contributed by atoms with Gasteiger partial charge in [-0.05, 0) is 38.5 Å². The molecule has 1 aliphatic heterocycles. The van der Waals surface area contributed by atoms with Gasteiger partial charge in [-0.3, -0.25) is 14.4 Å². The van der Waals surface area contributed by atoms with Gasteiger partial charge in [0, 0.05) is 12.1 Å². The Morgan fingerprint density at radius 3 is 2.82 bits per heavy atom. The molecule has 0 radical (unpaired) electrons. The van der Waals surface area contributed by atoms with Crippen LogP contribution in [-0.4, -0.2) is 36.0 Å². The minimum atomic E-state index is -0.903. The van der Waals surface area contributed by atoms with E-state index in [2.05, 4.69) is 10.6 Å². The molecule has 0 bridgehead atoms. The summed E-state index contributed by atoms with van der Waals surface area (Å²) in [5.74, 6) is -1.01. The lowest BCUT2D eigenvalue weighted by Crippen LogP contribution is -2.32. The summed E-state index contributed by atoms with van der Waals surface area (Å²) in [4.78, 5) is 34.2. The number of carboxylic acid groups (broad SMARTS) is 1. The van der Waals surface area contributed by atoms with Crippen LogP contribution >= 0.6 is 0 Å². The number of fused-ring (bicyclic) bond motifs is 1. The number of hydrogen-bond acceptors (Lipinski definition) is 4. The predicted octanol–water partition coefficient (Wildman–Crippen LogP) is 1.25. The van der Waals surface area contributed by atoms with Gasteiger partial charge >= 0.3 is 5.97 Å². The van der Waals surface area contributed by atoms with Crippen LogP contribution in [0.25, 0.3) is 0 Å². The lowest BCUT2D eigenvalue weighted by atomic mass is 9.90. The summed E-state index contributed by atoms with van der Waals surface area (Å²) in [7, 11) is 0. The molecule has 3 N–H and O–H groups in total. The lowest BCUT2D eigenvalue weighted by Gasteiger charge is -2.20. The highest BCUT2D eigenvalue weighted by Crippen LogP contribution is 2.28. The van der Waals surface area contributed by atoms with Crippen molar-refractivity contribution in [2.24, 2.45) is 5.41 Å². The van der Waals surface area contributed by atoms with E-state index in [0.717, 1.165) is 0 Å². The highest BCUT2D eigenvalue weighted by atomic mass is 16.5. The second-order valence-corrected chi connectivity index (χ2v) is 5.74. The Morgan fingerprint density at radius 1 is 1.41 bits per heavy atom. The van der Waals surface area contributed by atoms with Gasteiger partial charge < -0.3 is 20.5 Å². The molecule has 1 aliphatic rings. The van der Waals surface area contributed by atoms with Crippen LogP contribution in [0.4, 0.5) is 5.69 Å². The van der Waals surface area contributed by atoms with Gasteiger partial charge in [0.15, 0.2) is 6.61 Å². The normalized spacial score (nSPS) is 13.6. The summed E-state index contributed by atoms with van der Waals surface area (Å²) in [5.41, 5.74) is 0.0270. The van der Waals surface area contributed by atoms with E-state index in [1.807, 2.05) is 0 Å².